The Labute approximate surface area is 140 Å². The van der Waals surface area contributed by atoms with E-state index in [0.29, 0.717) is 5.56 Å². The van der Waals surface area contributed by atoms with Crippen molar-refractivity contribution in [3.8, 4) is 6.07 Å². The zero-order chi connectivity index (χ0) is 16.9. The first-order valence-corrected chi connectivity index (χ1v) is 7.75. The molecule has 0 atom stereocenters. The summed E-state index contributed by atoms with van der Waals surface area (Å²) in [5.41, 5.74) is 3.20. The number of nitrogens with one attached hydrogen (secondary N) is 1. The fourth-order valence-corrected chi connectivity index (χ4v) is 2.65. The number of anilines is 1. The van der Waals surface area contributed by atoms with E-state index < -0.39 is 6.09 Å². The third-order valence-electron chi connectivity index (χ3n) is 3.92. The van der Waals surface area contributed by atoms with Gasteiger partial charge in [-0.2, -0.15) is 5.26 Å². The quantitative estimate of drug-likeness (QED) is 0.940. The van der Waals surface area contributed by atoms with E-state index in [0.717, 1.165) is 36.3 Å². The minimum atomic E-state index is -0.615. The Morgan fingerprint density at radius 3 is 2.96 bits per heavy atom. The standard InChI is InChI=1S/C18H18N4O2/c1-22-8-7-16-15(11-22)9-14(10-19)17(20-16)21-18(23)24-12-13-5-3-2-4-6-13/h2-6,9H,7-8,11-12H2,1H3,(H,20,21,23). The molecule has 2 aromatic rings. The number of ether oxygens (including phenoxy) is 1. The first-order valence-electron chi connectivity index (χ1n) is 7.75. The highest BCUT2D eigenvalue weighted by Crippen LogP contribution is 2.22. The molecule has 0 bridgehead atoms. The number of amides is 1. The maximum Gasteiger partial charge on any atom is 0.413 e. The van der Waals surface area contributed by atoms with E-state index in [9.17, 15) is 10.1 Å². The highest BCUT2D eigenvalue weighted by Gasteiger charge is 2.19. The molecule has 3 rings (SSSR count). The number of likely N-dealkylation sites (N-methyl/N-ethyl adjacent to an activating group) is 1. The van der Waals surface area contributed by atoms with Gasteiger partial charge >= 0.3 is 6.09 Å². The molecule has 0 saturated carbocycles. The van der Waals surface area contributed by atoms with E-state index in [-0.39, 0.29) is 12.4 Å². The third kappa shape index (κ3) is 3.70. The smallest absolute Gasteiger partial charge is 0.413 e. The van der Waals surface area contributed by atoms with E-state index in [2.05, 4.69) is 21.3 Å². The van der Waals surface area contributed by atoms with Crippen LogP contribution in [0.5, 0.6) is 0 Å². The van der Waals surface area contributed by atoms with Crippen molar-refractivity contribution in [2.75, 3.05) is 18.9 Å². The lowest BCUT2D eigenvalue weighted by molar-refractivity contribution is 0.155. The average molecular weight is 322 g/mol. The molecule has 1 aromatic heterocycles. The number of pyridine rings is 1. The van der Waals surface area contributed by atoms with Crippen LogP contribution in [0.25, 0.3) is 0 Å². The Balaban J connectivity index is 1.70. The molecule has 24 heavy (non-hydrogen) atoms. The molecule has 0 saturated heterocycles. The lowest BCUT2D eigenvalue weighted by Gasteiger charge is -2.24. The second-order valence-corrected chi connectivity index (χ2v) is 5.78. The van der Waals surface area contributed by atoms with Crippen LogP contribution in [0.3, 0.4) is 0 Å². The van der Waals surface area contributed by atoms with Crippen molar-refractivity contribution in [2.45, 2.75) is 19.6 Å². The van der Waals surface area contributed by atoms with Crippen LogP contribution in [0.2, 0.25) is 0 Å². The first kappa shape index (κ1) is 16.0. The predicted molar refractivity (Wildman–Crippen MR) is 89.2 cm³/mol. The van der Waals surface area contributed by atoms with Crippen LogP contribution in [-0.2, 0) is 24.3 Å². The minimum Gasteiger partial charge on any atom is -0.444 e. The molecule has 0 unspecified atom stereocenters. The molecule has 0 spiro atoms. The average Bonchev–Trinajstić information content (AvgIpc) is 2.60. The van der Waals surface area contributed by atoms with Crippen LogP contribution in [0.4, 0.5) is 10.6 Å². The third-order valence-corrected chi connectivity index (χ3v) is 3.92. The largest absolute Gasteiger partial charge is 0.444 e. The monoisotopic (exact) mass is 322 g/mol. The lowest BCUT2D eigenvalue weighted by atomic mass is 10.0. The van der Waals surface area contributed by atoms with Gasteiger partial charge in [0.1, 0.15) is 12.7 Å². The highest BCUT2D eigenvalue weighted by molar-refractivity contribution is 5.85. The Hall–Kier alpha value is -2.91. The van der Waals surface area contributed by atoms with Gasteiger partial charge in [-0.1, -0.05) is 30.3 Å². The number of nitriles is 1. The second kappa shape index (κ2) is 7.11. The number of hydrogen-bond acceptors (Lipinski definition) is 5. The van der Waals surface area contributed by atoms with Gasteiger partial charge < -0.3 is 9.64 Å². The molecule has 0 radical (unpaired) electrons. The summed E-state index contributed by atoms with van der Waals surface area (Å²) in [7, 11) is 2.03. The molecule has 1 N–H and O–H groups in total. The van der Waals surface area contributed by atoms with E-state index in [1.807, 2.05) is 37.4 Å². The lowest BCUT2D eigenvalue weighted by Crippen LogP contribution is -2.28. The van der Waals surface area contributed by atoms with Gasteiger partial charge in [-0.05, 0) is 24.2 Å². The number of carbonyl (C=O) groups is 1. The van der Waals surface area contributed by atoms with Crippen LogP contribution in [-0.4, -0.2) is 29.6 Å². The molecule has 1 aliphatic heterocycles. The topological polar surface area (TPSA) is 78.2 Å². The van der Waals surface area contributed by atoms with Gasteiger partial charge in [0.05, 0.1) is 5.56 Å². The molecular weight excluding hydrogens is 304 g/mol. The number of benzene rings is 1. The van der Waals surface area contributed by atoms with E-state index in [1.54, 1.807) is 6.07 Å². The molecule has 6 nitrogen and oxygen atoms in total. The van der Waals surface area contributed by atoms with Gasteiger partial charge in [0.25, 0.3) is 0 Å². The number of nitrogens with zero attached hydrogens (tertiary/aromatic N) is 3. The Bertz CT molecular complexity index is 784. The van der Waals surface area contributed by atoms with Crippen molar-refractivity contribution < 1.29 is 9.53 Å². The van der Waals surface area contributed by atoms with Gasteiger partial charge in [0.15, 0.2) is 5.82 Å². The molecule has 0 aliphatic carbocycles. The van der Waals surface area contributed by atoms with Crippen molar-refractivity contribution in [3.05, 3.63) is 58.8 Å². The normalized spacial score (nSPS) is 13.7. The number of carbonyl (C=O) groups excluding carboxylic acids is 1. The van der Waals surface area contributed by atoms with Crippen molar-refractivity contribution in [2.24, 2.45) is 0 Å². The highest BCUT2D eigenvalue weighted by atomic mass is 16.5. The van der Waals surface area contributed by atoms with Crippen LogP contribution >= 0.6 is 0 Å². The Morgan fingerprint density at radius 2 is 2.21 bits per heavy atom. The summed E-state index contributed by atoms with van der Waals surface area (Å²) < 4.78 is 5.18. The van der Waals surface area contributed by atoms with Crippen LogP contribution in [0, 0.1) is 11.3 Å². The number of rotatable bonds is 3. The van der Waals surface area contributed by atoms with Crippen LogP contribution < -0.4 is 5.32 Å². The van der Waals surface area contributed by atoms with Crippen molar-refractivity contribution >= 4 is 11.9 Å². The molecule has 1 amide bonds. The van der Waals surface area contributed by atoms with Gasteiger partial charge in [0, 0.05) is 25.2 Å². The maximum atomic E-state index is 12.0. The van der Waals surface area contributed by atoms with Crippen LogP contribution in [0.1, 0.15) is 22.4 Å². The van der Waals surface area contributed by atoms with Gasteiger partial charge in [-0.15, -0.1) is 0 Å². The number of fused-ring (bicyclic) bond motifs is 1. The molecule has 1 aliphatic rings. The molecule has 122 valence electrons. The first-order chi connectivity index (χ1) is 11.7. The summed E-state index contributed by atoms with van der Waals surface area (Å²) >= 11 is 0. The Morgan fingerprint density at radius 1 is 1.42 bits per heavy atom. The van der Waals surface area contributed by atoms with Crippen molar-refractivity contribution in [1.82, 2.24) is 9.88 Å². The zero-order valence-corrected chi connectivity index (χ0v) is 13.5. The number of hydrogen-bond donors (Lipinski definition) is 1. The summed E-state index contributed by atoms with van der Waals surface area (Å²) in [6.45, 7) is 1.84. The van der Waals surface area contributed by atoms with E-state index >= 15 is 0 Å². The van der Waals surface area contributed by atoms with Crippen LogP contribution in [0.15, 0.2) is 36.4 Å². The summed E-state index contributed by atoms with van der Waals surface area (Å²) in [4.78, 5) is 18.6. The molecule has 1 aromatic carbocycles. The second-order valence-electron chi connectivity index (χ2n) is 5.78. The molecule has 2 heterocycles. The number of aromatic nitrogens is 1. The summed E-state index contributed by atoms with van der Waals surface area (Å²) in [6, 6.07) is 13.3. The SMILES string of the molecule is CN1CCc2nc(NC(=O)OCc3ccccc3)c(C#N)cc2C1. The molecule has 6 heteroatoms. The summed E-state index contributed by atoms with van der Waals surface area (Å²) in [5, 5.41) is 11.9. The van der Waals surface area contributed by atoms with E-state index in [1.165, 1.54) is 0 Å². The van der Waals surface area contributed by atoms with Gasteiger partial charge in [-0.25, -0.2) is 9.78 Å². The van der Waals surface area contributed by atoms with E-state index in [4.69, 9.17) is 4.74 Å². The van der Waals surface area contributed by atoms with Gasteiger partial charge in [-0.3, -0.25) is 5.32 Å². The predicted octanol–water partition coefficient (Wildman–Crippen LogP) is 2.69. The Kier molecular flexibility index (Phi) is 4.73. The fourth-order valence-electron chi connectivity index (χ4n) is 2.65. The summed E-state index contributed by atoms with van der Waals surface area (Å²) in [5.74, 6) is 0.263. The summed E-state index contributed by atoms with van der Waals surface area (Å²) in [6.07, 6.45) is 0.182. The fraction of sp³-hybridized carbons (Fsp3) is 0.278. The molecule has 0 fully saturated rings. The van der Waals surface area contributed by atoms with Crippen molar-refractivity contribution in [1.29, 1.82) is 5.26 Å². The zero-order valence-electron chi connectivity index (χ0n) is 13.5. The van der Waals surface area contributed by atoms with Gasteiger partial charge in [0.2, 0.25) is 0 Å². The minimum absolute atomic E-state index is 0.171. The van der Waals surface area contributed by atoms with Crippen molar-refractivity contribution in [3.63, 3.8) is 0 Å². The molecular formula is C18H18N4O2. The maximum absolute atomic E-state index is 12.0.